The third-order valence-corrected chi connectivity index (χ3v) is 16.7. The van der Waals surface area contributed by atoms with Crippen LogP contribution >= 0.6 is 7.82 Å². The van der Waals surface area contributed by atoms with E-state index >= 15 is 0 Å². The van der Waals surface area contributed by atoms with Gasteiger partial charge in [-0.15, -0.1) is 0 Å². The molecule has 0 saturated heterocycles. The number of hydrogen-bond donors (Lipinski definition) is 3. The standard InChI is InChI=1S/C81H139N2O6P/c1-6-8-10-12-14-16-18-20-22-24-26-28-30-32-34-36-37-38-39-40-41-42-43-44-45-47-49-51-53-55-57-59-61-63-65-67-69-71-73-75-81(85)82-79(78-89-90(86,87)88-77-76-83(3,4)5)80(84)74-72-70-68-66-64-62-60-58-56-54-52-50-48-46-35-33-31-29-27-25-23-21-19-17-15-13-11-9-7-2/h8,10,14,16,20,22,26,28,32,34,37-38,40-41,43-44,47,49,53,55,59,61,64,66,72,74,79-80,84H,6-7,9,11-13,15,17-19,21,23-25,27,29-31,33,35-36,39,42,45-46,48,50-52,54,56-58,60,62-63,65,67-71,73,75-78H2,1-5H3,(H-,82,85,86,87)/p+1/b10-8-,16-14-,22-20-,28-26-,34-32-,38-37-,41-40-,44-43-,49-47-,55-53-,61-59-,66-64+,74-72+. The van der Waals surface area contributed by atoms with Gasteiger partial charge in [0.25, 0.3) is 0 Å². The summed E-state index contributed by atoms with van der Waals surface area (Å²) in [6.45, 7) is 4.68. The van der Waals surface area contributed by atoms with Crippen molar-refractivity contribution in [3.63, 3.8) is 0 Å². The van der Waals surface area contributed by atoms with E-state index in [1.807, 2.05) is 27.2 Å². The summed E-state index contributed by atoms with van der Waals surface area (Å²) in [7, 11) is 1.52. The van der Waals surface area contributed by atoms with Crippen LogP contribution in [0.5, 0.6) is 0 Å². The summed E-state index contributed by atoms with van der Waals surface area (Å²) < 4.78 is 23.8. The molecule has 8 nitrogen and oxygen atoms in total. The molecule has 0 radical (unpaired) electrons. The molecule has 0 heterocycles. The molecular weight excluding hydrogens is 1130 g/mol. The van der Waals surface area contributed by atoms with E-state index < -0.39 is 20.0 Å². The molecular formula is C81H140N2O6P+. The summed E-state index contributed by atoms with van der Waals surface area (Å²) >= 11 is 0. The van der Waals surface area contributed by atoms with Crippen LogP contribution in [0.2, 0.25) is 0 Å². The lowest BCUT2D eigenvalue weighted by Crippen LogP contribution is -2.45. The zero-order valence-electron chi connectivity index (χ0n) is 58.8. The van der Waals surface area contributed by atoms with Crippen molar-refractivity contribution < 1.29 is 32.9 Å². The lowest BCUT2D eigenvalue weighted by molar-refractivity contribution is -0.870. The number of amides is 1. The normalized spacial score (nSPS) is 14.5. The number of carbonyl (C=O) groups excluding carboxylic acids is 1. The van der Waals surface area contributed by atoms with Crippen LogP contribution in [0.4, 0.5) is 0 Å². The van der Waals surface area contributed by atoms with Gasteiger partial charge in [-0.2, -0.15) is 0 Å². The number of aliphatic hydroxyl groups excluding tert-OH is 1. The number of likely N-dealkylation sites (N-methyl/N-ethyl adjacent to an activating group) is 1. The molecule has 0 aromatic heterocycles. The third kappa shape index (κ3) is 71.6. The molecule has 1 amide bonds. The molecule has 0 aliphatic heterocycles. The molecule has 0 bridgehead atoms. The van der Waals surface area contributed by atoms with Gasteiger partial charge in [0.05, 0.1) is 39.9 Å². The minimum atomic E-state index is -4.38. The Morgan fingerprint density at radius 1 is 0.389 bits per heavy atom. The average Bonchev–Trinajstić information content (AvgIpc) is 3.72. The summed E-state index contributed by atoms with van der Waals surface area (Å²) in [5, 5.41) is 14.0. The molecule has 514 valence electrons. The van der Waals surface area contributed by atoms with E-state index in [4.69, 9.17) is 9.05 Å². The number of allylic oxidation sites excluding steroid dienone is 25. The Morgan fingerprint density at radius 3 is 1.02 bits per heavy atom. The van der Waals surface area contributed by atoms with Gasteiger partial charge in [-0.1, -0.05) is 332 Å². The van der Waals surface area contributed by atoms with Crippen molar-refractivity contribution in [2.24, 2.45) is 0 Å². The first kappa shape index (κ1) is 86.1. The van der Waals surface area contributed by atoms with Crippen LogP contribution in [0.25, 0.3) is 0 Å². The number of carbonyl (C=O) groups is 1. The SMILES string of the molecule is CC/C=C\C/C=C\C/C=C\C/C=C\C/C=C\C/C=C\C/C=C\C/C=C\C/C=C\C/C=C\C/C=C\CCCCCCCC(=O)NC(COP(=O)(O)OCC[N+](C)(C)C)C(O)/C=C/CC/C=C/CCCCCCCCCCCCCCCCCCCCCCCCC. The molecule has 3 atom stereocenters. The monoisotopic (exact) mass is 1270 g/mol. The Kier molecular flexibility index (Phi) is 66.5. The molecule has 0 rings (SSSR count). The van der Waals surface area contributed by atoms with Crippen molar-refractivity contribution in [2.45, 2.75) is 309 Å². The van der Waals surface area contributed by atoms with Gasteiger partial charge in [-0.3, -0.25) is 13.8 Å². The highest BCUT2D eigenvalue weighted by Gasteiger charge is 2.28. The number of phosphoric ester groups is 1. The van der Waals surface area contributed by atoms with Gasteiger partial charge in [0.1, 0.15) is 13.2 Å². The fourth-order valence-corrected chi connectivity index (χ4v) is 10.8. The molecule has 0 aromatic carbocycles. The van der Waals surface area contributed by atoms with E-state index in [2.05, 4.69) is 165 Å². The molecule has 3 N–H and O–H groups in total. The molecule has 0 aliphatic carbocycles. The summed E-state index contributed by atoms with van der Waals surface area (Å²) in [6, 6.07) is -0.888. The molecule has 0 aromatic rings. The van der Waals surface area contributed by atoms with Gasteiger partial charge in [-0.25, -0.2) is 4.57 Å². The minimum Gasteiger partial charge on any atom is -0.387 e. The fraction of sp³-hybridized carbons (Fsp3) is 0.667. The van der Waals surface area contributed by atoms with Crippen molar-refractivity contribution in [3.05, 3.63) is 158 Å². The van der Waals surface area contributed by atoms with Crippen molar-refractivity contribution in [1.29, 1.82) is 0 Å². The van der Waals surface area contributed by atoms with Crippen LogP contribution in [0.3, 0.4) is 0 Å². The van der Waals surface area contributed by atoms with Gasteiger partial charge < -0.3 is 19.8 Å². The van der Waals surface area contributed by atoms with Crippen molar-refractivity contribution >= 4 is 13.7 Å². The van der Waals surface area contributed by atoms with Crippen LogP contribution < -0.4 is 5.32 Å². The average molecular weight is 1270 g/mol. The third-order valence-electron chi connectivity index (χ3n) is 15.7. The Balaban J connectivity index is 4.20. The number of nitrogens with zero attached hydrogens (tertiary/aromatic N) is 1. The van der Waals surface area contributed by atoms with Gasteiger partial charge >= 0.3 is 7.82 Å². The van der Waals surface area contributed by atoms with Crippen LogP contribution in [0.1, 0.15) is 296 Å². The highest BCUT2D eigenvalue weighted by Crippen LogP contribution is 2.43. The maximum Gasteiger partial charge on any atom is 0.472 e. The first-order chi connectivity index (χ1) is 44.0. The Bertz CT molecular complexity index is 2030. The molecule has 90 heavy (non-hydrogen) atoms. The largest absolute Gasteiger partial charge is 0.472 e. The zero-order valence-corrected chi connectivity index (χ0v) is 59.7. The number of nitrogens with one attached hydrogen (secondary N) is 1. The van der Waals surface area contributed by atoms with Crippen LogP contribution in [-0.2, 0) is 18.4 Å². The fourth-order valence-electron chi connectivity index (χ4n) is 10.1. The summed E-state index contributed by atoms with van der Waals surface area (Å²) in [4.78, 5) is 23.4. The zero-order chi connectivity index (χ0) is 65.5. The minimum absolute atomic E-state index is 0.0440. The molecule has 0 aliphatic rings. The van der Waals surface area contributed by atoms with E-state index in [0.29, 0.717) is 17.4 Å². The summed E-state index contributed by atoms with van der Waals surface area (Å²) in [6.07, 6.45) is 108. The second-order valence-corrected chi connectivity index (χ2v) is 27.0. The van der Waals surface area contributed by atoms with Crippen molar-refractivity contribution in [2.75, 3.05) is 40.9 Å². The lowest BCUT2D eigenvalue weighted by Gasteiger charge is -2.25. The van der Waals surface area contributed by atoms with Gasteiger partial charge in [0, 0.05) is 6.42 Å². The van der Waals surface area contributed by atoms with Gasteiger partial charge in [-0.05, 0) is 116 Å². The van der Waals surface area contributed by atoms with E-state index in [0.717, 1.165) is 128 Å². The lowest BCUT2D eigenvalue weighted by atomic mass is 10.0. The maximum absolute atomic E-state index is 13.1. The second-order valence-electron chi connectivity index (χ2n) is 25.6. The van der Waals surface area contributed by atoms with E-state index in [1.54, 1.807) is 6.08 Å². The number of rotatable bonds is 66. The number of quaternary nitrogens is 1. The molecule has 0 spiro atoms. The van der Waals surface area contributed by atoms with Crippen LogP contribution in [0, 0.1) is 0 Å². The van der Waals surface area contributed by atoms with E-state index in [-0.39, 0.29) is 19.1 Å². The second kappa shape index (κ2) is 69.5. The van der Waals surface area contributed by atoms with Crippen LogP contribution in [-0.4, -0.2) is 73.4 Å². The maximum atomic E-state index is 13.1. The van der Waals surface area contributed by atoms with Gasteiger partial charge in [0.2, 0.25) is 5.91 Å². The molecule has 3 unspecified atom stereocenters. The Hall–Kier alpha value is -3.88. The molecule has 9 heteroatoms. The van der Waals surface area contributed by atoms with Crippen molar-refractivity contribution in [1.82, 2.24) is 5.32 Å². The Morgan fingerprint density at radius 2 is 0.678 bits per heavy atom. The van der Waals surface area contributed by atoms with Crippen molar-refractivity contribution in [3.8, 4) is 0 Å². The number of hydrogen-bond acceptors (Lipinski definition) is 5. The first-order valence-electron chi connectivity index (χ1n) is 36.9. The number of aliphatic hydroxyl groups is 1. The predicted molar refractivity (Wildman–Crippen MR) is 396 cm³/mol. The van der Waals surface area contributed by atoms with E-state index in [1.165, 1.54) is 148 Å². The highest BCUT2D eigenvalue weighted by molar-refractivity contribution is 7.47. The smallest absolute Gasteiger partial charge is 0.387 e. The van der Waals surface area contributed by atoms with Crippen LogP contribution in [0.15, 0.2) is 158 Å². The van der Waals surface area contributed by atoms with Gasteiger partial charge in [0.15, 0.2) is 0 Å². The summed E-state index contributed by atoms with van der Waals surface area (Å²) in [5.41, 5.74) is 0. The quantitative estimate of drug-likeness (QED) is 0.0243. The highest BCUT2D eigenvalue weighted by atomic mass is 31.2. The number of phosphoric acid groups is 1. The molecule has 0 saturated carbocycles. The summed E-state index contributed by atoms with van der Waals surface area (Å²) in [5.74, 6) is -0.209. The molecule has 0 fully saturated rings. The predicted octanol–water partition coefficient (Wildman–Crippen LogP) is 24.1. The topological polar surface area (TPSA) is 105 Å². The van der Waals surface area contributed by atoms with E-state index in [9.17, 15) is 19.4 Å². The Labute approximate surface area is 556 Å². The number of unbranched alkanes of at least 4 members (excludes halogenated alkanes) is 29. The first-order valence-corrected chi connectivity index (χ1v) is 38.4.